The van der Waals surface area contributed by atoms with Gasteiger partial charge in [-0.05, 0) is 30.7 Å². The van der Waals surface area contributed by atoms with Crippen molar-refractivity contribution in [3.8, 4) is 0 Å². The lowest BCUT2D eigenvalue weighted by Gasteiger charge is -2.08. The number of halogens is 1. The Bertz CT molecular complexity index is 782. The van der Waals surface area contributed by atoms with Gasteiger partial charge in [0, 0.05) is 17.0 Å². The summed E-state index contributed by atoms with van der Waals surface area (Å²) >= 11 is 1.69. The summed E-state index contributed by atoms with van der Waals surface area (Å²) in [5, 5.41) is 4.21. The number of fused-ring (bicyclic) bond motifs is 1. The van der Waals surface area contributed by atoms with Gasteiger partial charge < -0.3 is 5.32 Å². The zero-order valence-corrected chi connectivity index (χ0v) is 12.8. The third kappa shape index (κ3) is 2.88. The fourth-order valence-electron chi connectivity index (χ4n) is 2.15. The molecule has 1 N–H and O–H groups in total. The van der Waals surface area contributed by atoms with Crippen LogP contribution in [0.4, 0.5) is 15.9 Å². The van der Waals surface area contributed by atoms with Crippen molar-refractivity contribution in [2.45, 2.75) is 26.7 Å². The summed E-state index contributed by atoms with van der Waals surface area (Å²) in [7, 11) is 0. The number of rotatable bonds is 4. The second kappa shape index (κ2) is 5.77. The SMILES string of the molecule is CCc1nc(Nc2cccc(F)c2)c2cc(CC)sc2n1. The molecular weight excluding hydrogens is 285 g/mol. The predicted molar refractivity (Wildman–Crippen MR) is 85.9 cm³/mol. The van der Waals surface area contributed by atoms with Gasteiger partial charge in [-0.15, -0.1) is 11.3 Å². The van der Waals surface area contributed by atoms with Crippen LogP contribution < -0.4 is 5.32 Å². The molecule has 0 aliphatic heterocycles. The van der Waals surface area contributed by atoms with Crippen molar-refractivity contribution in [1.29, 1.82) is 0 Å². The van der Waals surface area contributed by atoms with Gasteiger partial charge in [0.15, 0.2) is 0 Å². The van der Waals surface area contributed by atoms with E-state index in [0.717, 1.165) is 34.7 Å². The van der Waals surface area contributed by atoms with Gasteiger partial charge in [0.05, 0.1) is 5.39 Å². The van der Waals surface area contributed by atoms with Gasteiger partial charge in [-0.3, -0.25) is 0 Å². The molecule has 0 aliphatic rings. The number of nitrogens with one attached hydrogen (secondary N) is 1. The first kappa shape index (κ1) is 13.9. The maximum atomic E-state index is 13.3. The number of benzene rings is 1. The third-order valence-electron chi connectivity index (χ3n) is 3.24. The van der Waals surface area contributed by atoms with Gasteiger partial charge >= 0.3 is 0 Å². The van der Waals surface area contributed by atoms with Crippen LogP contribution in [-0.4, -0.2) is 9.97 Å². The Kier molecular flexibility index (Phi) is 3.84. The molecule has 0 amide bonds. The summed E-state index contributed by atoms with van der Waals surface area (Å²) in [6.07, 6.45) is 1.75. The summed E-state index contributed by atoms with van der Waals surface area (Å²) in [5.41, 5.74) is 0.696. The molecule has 0 unspecified atom stereocenters. The number of aromatic nitrogens is 2. The molecule has 0 spiro atoms. The van der Waals surface area contributed by atoms with E-state index in [-0.39, 0.29) is 5.82 Å². The molecule has 3 nitrogen and oxygen atoms in total. The van der Waals surface area contributed by atoms with Gasteiger partial charge in [0.1, 0.15) is 22.3 Å². The van der Waals surface area contributed by atoms with Crippen molar-refractivity contribution in [3.05, 3.63) is 46.9 Å². The first-order valence-electron chi connectivity index (χ1n) is 7.01. The summed E-state index contributed by atoms with van der Waals surface area (Å²) in [4.78, 5) is 11.4. The second-order valence-electron chi connectivity index (χ2n) is 4.76. The Labute approximate surface area is 126 Å². The Balaban J connectivity index is 2.09. The molecule has 0 saturated carbocycles. The van der Waals surface area contributed by atoms with E-state index in [1.54, 1.807) is 17.4 Å². The predicted octanol–water partition coefficient (Wildman–Crippen LogP) is 4.70. The monoisotopic (exact) mass is 301 g/mol. The number of thiophene rings is 1. The Morgan fingerprint density at radius 1 is 1.14 bits per heavy atom. The lowest BCUT2D eigenvalue weighted by atomic mass is 10.2. The minimum Gasteiger partial charge on any atom is -0.339 e. The zero-order chi connectivity index (χ0) is 14.8. The van der Waals surface area contributed by atoms with Crippen molar-refractivity contribution in [1.82, 2.24) is 9.97 Å². The molecule has 0 bridgehead atoms. The molecule has 0 fully saturated rings. The Morgan fingerprint density at radius 2 is 2.00 bits per heavy atom. The highest BCUT2D eigenvalue weighted by atomic mass is 32.1. The van der Waals surface area contributed by atoms with E-state index in [9.17, 15) is 4.39 Å². The maximum absolute atomic E-state index is 13.3. The third-order valence-corrected chi connectivity index (χ3v) is 4.42. The number of hydrogen-bond acceptors (Lipinski definition) is 4. The average Bonchev–Trinajstić information content (AvgIpc) is 2.90. The van der Waals surface area contributed by atoms with E-state index in [4.69, 9.17) is 0 Å². The highest BCUT2D eigenvalue weighted by Crippen LogP contribution is 2.31. The molecule has 0 saturated heterocycles. The molecule has 3 aromatic rings. The Morgan fingerprint density at radius 3 is 2.71 bits per heavy atom. The van der Waals surface area contributed by atoms with Crippen LogP contribution in [0.2, 0.25) is 0 Å². The van der Waals surface area contributed by atoms with Crippen LogP contribution in [0.5, 0.6) is 0 Å². The number of hydrogen-bond donors (Lipinski definition) is 1. The van der Waals surface area contributed by atoms with E-state index in [2.05, 4.69) is 28.3 Å². The van der Waals surface area contributed by atoms with Crippen molar-refractivity contribution >= 4 is 33.1 Å². The molecule has 0 atom stereocenters. The first-order chi connectivity index (χ1) is 10.2. The van der Waals surface area contributed by atoms with Crippen LogP contribution in [0.3, 0.4) is 0 Å². The van der Waals surface area contributed by atoms with E-state index < -0.39 is 0 Å². The summed E-state index contributed by atoms with van der Waals surface area (Å²) in [6.45, 7) is 4.15. The van der Waals surface area contributed by atoms with Crippen LogP contribution in [0.1, 0.15) is 24.5 Å². The highest BCUT2D eigenvalue weighted by molar-refractivity contribution is 7.18. The quantitative estimate of drug-likeness (QED) is 0.759. The smallest absolute Gasteiger partial charge is 0.142 e. The van der Waals surface area contributed by atoms with Crippen LogP contribution in [-0.2, 0) is 12.8 Å². The molecule has 0 radical (unpaired) electrons. The van der Waals surface area contributed by atoms with E-state index in [0.29, 0.717) is 5.69 Å². The van der Waals surface area contributed by atoms with Crippen LogP contribution in [0, 0.1) is 5.82 Å². The summed E-state index contributed by atoms with van der Waals surface area (Å²) in [5.74, 6) is 1.28. The number of nitrogens with zero attached hydrogens (tertiary/aromatic N) is 2. The van der Waals surface area contributed by atoms with Crippen LogP contribution >= 0.6 is 11.3 Å². The first-order valence-corrected chi connectivity index (χ1v) is 7.83. The van der Waals surface area contributed by atoms with E-state index in [1.807, 2.05) is 13.0 Å². The highest BCUT2D eigenvalue weighted by Gasteiger charge is 2.11. The molecule has 2 aromatic heterocycles. The van der Waals surface area contributed by atoms with Crippen LogP contribution in [0.25, 0.3) is 10.2 Å². The Hall–Kier alpha value is -2.01. The standard InChI is InChI=1S/C16H16FN3S/c1-3-12-9-13-15(18-11-7-5-6-10(17)8-11)19-14(4-2)20-16(13)21-12/h5-9H,3-4H2,1-2H3,(H,18,19,20). The second-order valence-corrected chi connectivity index (χ2v) is 5.88. The minimum atomic E-state index is -0.263. The zero-order valence-electron chi connectivity index (χ0n) is 12.0. The number of aryl methyl sites for hydroxylation is 2. The average molecular weight is 301 g/mol. The fraction of sp³-hybridized carbons (Fsp3) is 0.250. The van der Waals surface area contributed by atoms with E-state index >= 15 is 0 Å². The van der Waals surface area contributed by atoms with E-state index in [1.165, 1.54) is 17.0 Å². The molecule has 0 aliphatic carbocycles. The number of anilines is 2. The molecule has 2 heterocycles. The molecule has 108 valence electrons. The molecule has 3 rings (SSSR count). The summed E-state index contributed by atoms with van der Waals surface area (Å²) in [6, 6.07) is 8.52. The van der Waals surface area contributed by atoms with Crippen LogP contribution in [0.15, 0.2) is 30.3 Å². The molecule has 5 heteroatoms. The minimum absolute atomic E-state index is 0.263. The normalized spacial score (nSPS) is 11.0. The van der Waals surface area contributed by atoms with Gasteiger partial charge in [0.25, 0.3) is 0 Å². The van der Waals surface area contributed by atoms with Gasteiger partial charge in [-0.25, -0.2) is 14.4 Å². The molecule has 21 heavy (non-hydrogen) atoms. The molecule has 1 aromatic carbocycles. The van der Waals surface area contributed by atoms with Gasteiger partial charge in [0.2, 0.25) is 0 Å². The summed E-state index contributed by atoms with van der Waals surface area (Å²) < 4.78 is 13.3. The van der Waals surface area contributed by atoms with Crippen molar-refractivity contribution in [2.75, 3.05) is 5.32 Å². The van der Waals surface area contributed by atoms with Gasteiger partial charge in [-0.1, -0.05) is 19.9 Å². The van der Waals surface area contributed by atoms with Crippen molar-refractivity contribution in [3.63, 3.8) is 0 Å². The molecular formula is C16H16FN3S. The van der Waals surface area contributed by atoms with Gasteiger partial charge in [-0.2, -0.15) is 0 Å². The van der Waals surface area contributed by atoms with Crippen molar-refractivity contribution in [2.24, 2.45) is 0 Å². The lowest BCUT2D eigenvalue weighted by Crippen LogP contribution is -1.99. The fourth-order valence-corrected chi connectivity index (χ4v) is 3.13. The topological polar surface area (TPSA) is 37.8 Å². The van der Waals surface area contributed by atoms with Crippen molar-refractivity contribution < 1.29 is 4.39 Å². The maximum Gasteiger partial charge on any atom is 0.142 e. The largest absolute Gasteiger partial charge is 0.339 e. The lowest BCUT2D eigenvalue weighted by molar-refractivity contribution is 0.628.